The monoisotopic (exact) mass is 271 g/mol. The van der Waals surface area contributed by atoms with Gasteiger partial charge in [0.1, 0.15) is 0 Å². The topological polar surface area (TPSA) is 47.6 Å². The number of benzene rings is 1. The third-order valence-electron chi connectivity index (χ3n) is 2.39. The van der Waals surface area contributed by atoms with E-state index in [4.69, 9.17) is 9.05 Å². The highest BCUT2D eigenvalue weighted by atomic mass is 31.2. The summed E-state index contributed by atoms with van der Waals surface area (Å²) in [5.41, 5.74) is 1.28. The molecule has 0 heterocycles. The molecule has 1 rings (SSSR count). The quantitative estimate of drug-likeness (QED) is 0.552. The van der Waals surface area contributed by atoms with E-state index < -0.39 is 7.75 Å². The molecule has 18 heavy (non-hydrogen) atoms. The van der Waals surface area contributed by atoms with Gasteiger partial charge in [-0.05, 0) is 32.3 Å². The van der Waals surface area contributed by atoms with Crippen LogP contribution in [0, 0.1) is 0 Å². The van der Waals surface area contributed by atoms with Crippen molar-refractivity contribution < 1.29 is 13.6 Å². The van der Waals surface area contributed by atoms with E-state index in [9.17, 15) is 4.57 Å². The summed E-state index contributed by atoms with van der Waals surface area (Å²) in [6.07, 6.45) is 1.85. The van der Waals surface area contributed by atoms with E-state index in [1.165, 1.54) is 5.56 Å². The fourth-order valence-corrected chi connectivity index (χ4v) is 2.99. The zero-order valence-corrected chi connectivity index (χ0v) is 12.0. The highest BCUT2D eigenvalue weighted by Gasteiger charge is 2.21. The van der Waals surface area contributed by atoms with Crippen LogP contribution in [0.3, 0.4) is 0 Å². The molecule has 1 aromatic rings. The van der Waals surface area contributed by atoms with Gasteiger partial charge in [0.15, 0.2) is 0 Å². The third kappa shape index (κ3) is 5.78. The lowest BCUT2D eigenvalue weighted by molar-refractivity contribution is 0.211. The van der Waals surface area contributed by atoms with Gasteiger partial charge >= 0.3 is 7.75 Å². The average Bonchev–Trinajstić information content (AvgIpc) is 2.37. The summed E-state index contributed by atoms with van der Waals surface area (Å²) in [5, 5.41) is 2.88. The Bertz CT molecular complexity index is 360. The van der Waals surface area contributed by atoms with Crippen molar-refractivity contribution in [2.24, 2.45) is 0 Å². The first-order valence-electron chi connectivity index (χ1n) is 6.38. The van der Waals surface area contributed by atoms with Crippen LogP contribution in [-0.4, -0.2) is 19.8 Å². The van der Waals surface area contributed by atoms with Crippen molar-refractivity contribution in [2.75, 3.05) is 19.8 Å². The first-order valence-corrected chi connectivity index (χ1v) is 7.92. The summed E-state index contributed by atoms with van der Waals surface area (Å²) in [6, 6.07) is 10.2. The molecule has 0 aromatic heterocycles. The largest absolute Gasteiger partial charge is 0.405 e. The molecule has 0 amide bonds. The molecule has 0 aliphatic heterocycles. The standard InChI is InChI=1S/C13H22NO3P/c1-3-16-18(15,17-4-2)14-12-8-11-13-9-6-5-7-10-13/h5-7,9-10H,3-4,8,11-12H2,1-2H3,(H,14,15). The first-order chi connectivity index (χ1) is 8.70. The molecule has 0 spiro atoms. The summed E-state index contributed by atoms with van der Waals surface area (Å²) in [6.45, 7) is 4.98. The van der Waals surface area contributed by atoms with E-state index in [-0.39, 0.29) is 0 Å². The maximum absolute atomic E-state index is 12.1. The average molecular weight is 271 g/mol. The Hall–Kier alpha value is -0.670. The Morgan fingerprint density at radius 2 is 1.72 bits per heavy atom. The van der Waals surface area contributed by atoms with E-state index in [0.717, 1.165) is 12.8 Å². The minimum atomic E-state index is -3.09. The van der Waals surface area contributed by atoms with Gasteiger partial charge in [0.05, 0.1) is 13.2 Å². The molecule has 102 valence electrons. The summed E-state index contributed by atoms with van der Waals surface area (Å²) in [5.74, 6) is 0. The van der Waals surface area contributed by atoms with Gasteiger partial charge in [0.25, 0.3) is 0 Å². The lowest BCUT2D eigenvalue weighted by Gasteiger charge is -2.17. The van der Waals surface area contributed by atoms with Gasteiger partial charge in [-0.3, -0.25) is 9.05 Å². The Morgan fingerprint density at radius 3 is 2.28 bits per heavy atom. The fraction of sp³-hybridized carbons (Fsp3) is 0.538. The molecule has 0 aliphatic rings. The maximum Gasteiger partial charge on any atom is 0.405 e. The van der Waals surface area contributed by atoms with Crippen molar-refractivity contribution in [1.29, 1.82) is 0 Å². The molecule has 1 N–H and O–H groups in total. The van der Waals surface area contributed by atoms with Crippen LogP contribution in [0.25, 0.3) is 0 Å². The molecular weight excluding hydrogens is 249 g/mol. The van der Waals surface area contributed by atoms with Gasteiger partial charge in [0, 0.05) is 6.54 Å². The zero-order valence-electron chi connectivity index (χ0n) is 11.1. The Balaban J connectivity index is 2.29. The van der Waals surface area contributed by atoms with E-state index in [1.807, 2.05) is 18.2 Å². The van der Waals surface area contributed by atoms with E-state index in [2.05, 4.69) is 17.2 Å². The molecule has 0 saturated carbocycles. The van der Waals surface area contributed by atoms with E-state index in [0.29, 0.717) is 19.8 Å². The fourth-order valence-electron chi connectivity index (χ4n) is 1.62. The lowest BCUT2D eigenvalue weighted by atomic mass is 10.1. The van der Waals surface area contributed by atoms with Crippen molar-refractivity contribution in [1.82, 2.24) is 5.09 Å². The highest BCUT2D eigenvalue weighted by molar-refractivity contribution is 7.51. The second-order valence-corrected chi connectivity index (χ2v) is 5.66. The van der Waals surface area contributed by atoms with Crippen LogP contribution in [0.2, 0.25) is 0 Å². The molecule has 5 heteroatoms. The van der Waals surface area contributed by atoms with Crippen LogP contribution in [0.15, 0.2) is 30.3 Å². The molecule has 1 aromatic carbocycles. The second kappa shape index (κ2) is 8.44. The predicted octanol–water partition coefficient (Wildman–Crippen LogP) is 3.39. The van der Waals surface area contributed by atoms with Crippen molar-refractivity contribution in [3.8, 4) is 0 Å². The van der Waals surface area contributed by atoms with Crippen molar-refractivity contribution in [2.45, 2.75) is 26.7 Å². The van der Waals surface area contributed by atoms with Crippen LogP contribution in [0.5, 0.6) is 0 Å². The van der Waals surface area contributed by atoms with Crippen LogP contribution < -0.4 is 5.09 Å². The highest BCUT2D eigenvalue weighted by Crippen LogP contribution is 2.43. The van der Waals surface area contributed by atoms with Crippen LogP contribution >= 0.6 is 7.75 Å². The summed E-state index contributed by atoms with van der Waals surface area (Å²) in [7, 11) is -3.09. The molecule has 0 saturated heterocycles. The predicted molar refractivity (Wildman–Crippen MR) is 73.6 cm³/mol. The third-order valence-corrected chi connectivity index (χ3v) is 4.20. The molecule has 0 atom stereocenters. The Morgan fingerprint density at radius 1 is 1.11 bits per heavy atom. The van der Waals surface area contributed by atoms with Gasteiger partial charge in [-0.15, -0.1) is 0 Å². The molecular formula is C13H22NO3P. The zero-order chi connectivity index (χ0) is 13.3. The molecule has 0 radical (unpaired) electrons. The maximum atomic E-state index is 12.1. The Labute approximate surface area is 109 Å². The number of hydrogen-bond donors (Lipinski definition) is 1. The summed E-state index contributed by atoms with van der Waals surface area (Å²) in [4.78, 5) is 0. The number of rotatable bonds is 9. The van der Waals surface area contributed by atoms with Crippen LogP contribution in [0.4, 0.5) is 0 Å². The number of aryl methyl sites for hydroxylation is 1. The first kappa shape index (κ1) is 15.4. The summed E-state index contributed by atoms with van der Waals surface area (Å²) >= 11 is 0. The van der Waals surface area contributed by atoms with Gasteiger partial charge in [-0.2, -0.15) is 0 Å². The van der Waals surface area contributed by atoms with Gasteiger partial charge < -0.3 is 0 Å². The molecule has 4 nitrogen and oxygen atoms in total. The normalized spacial score (nSPS) is 11.7. The van der Waals surface area contributed by atoms with Crippen molar-refractivity contribution in [3.05, 3.63) is 35.9 Å². The number of hydrogen-bond acceptors (Lipinski definition) is 3. The minimum Gasteiger partial charge on any atom is -0.297 e. The summed E-state index contributed by atoms with van der Waals surface area (Å²) < 4.78 is 22.4. The molecule has 0 unspecified atom stereocenters. The van der Waals surface area contributed by atoms with Gasteiger partial charge in [-0.1, -0.05) is 30.3 Å². The molecule has 0 fully saturated rings. The second-order valence-electron chi connectivity index (χ2n) is 3.83. The SMILES string of the molecule is CCOP(=O)(NCCCc1ccccc1)OCC. The van der Waals surface area contributed by atoms with Crippen molar-refractivity contribution in [3.63, 3.8) is 0 Å². The van der Waals surface area contributed by atoms with Gasteiger partial charge in [-0.25, -0.2) is 9.65 Å². The number of nitrogens with one attached hydrogen (secondary N) is 1. The van der Waals surface area contributed by atoms with Crippen LogP contribution in [-0.2, 0) is 20.0 Å². The van der Waals surface area contributed by atoms with E-state index >= 15 is 0 Å². The van der Waals surface area contributed by atoms with E-state index in [1.54, 1.807) is 13.8 Å². The lowest BCUT2D eigenvalue weighted by Crippen LogP contribution is -2.16. The smallest absolute Gasteiger partial charge is 0.297 e. The van der Waals surface area contributed by atoms with Crippen LogP contribution in [0.1, 0.15) is 25.8 Å². The Kier molecular flexibility index (Phi) is 7.21. The molecule has 0 aliphatic carbocycles. The van der Waals surface area contributed by atoms with Crippen molar-refractivity contribution >= 4 is 7.75 Å². The van der Waals surface area contributed by atoms with Gasteiger partial charge in [0.2, 0.25) is 0 Å². The minimum absolute atomic E-state index is 0.378. The molecule has 0 bridgehead atoms.